The lowest BCUT2D eigenvalue weighted by molar-refractivity contribution is -0.124. The Morgan fingerprint density at radius 1 is 1.22 bits per heavy atom. The molecule has 4 nitrogen and oxygen atoms in total. The lowest BCUT2D eigenvalue weighted by Crippen LogP contribution is -2.57. The second-order valence-electron chi connectivity index (χ2n) is 9.16. The highest BCUT2D eigenvalue weighted by atomic mass is 32.2. The van der Waals surface area contributed by atoms with Crippen LogP contribution in [0.2, 0.25) is 0 Å². The Bertz CT molecular complexity index is 777. The Labute approximate surface area is 165 Å². The molecule has 1 aromatic carbocycles. The third-order valence-corrected chi connectivity index (χ3v) is 8.15. The first-order chi connectivity index (χ1) is 13.1. The molecule has 4 saturated carbocycles. The fourth-order valence-corrected chi connectivity index (χ4v) is 7.36. The number of carbonyl (C=O) groups excluding carboxylic acids is 1. The zero-order chi connectivity index (χ0) is 18.4. The van der Waals surface area contributed by atoms with Gasteiger partial charge in [0.2, 0.25) is 5.91 Å². The van der Waals surface area contributed by atoms with E-state index < -0.39 is 0 Å². The number of benzene rings is 1. The number of amides is 1. The van der Waals surface area contributed by atoms with E-state index in [4.69, 9.17) is 0 Å². The van der Waals surface area contributed by atoms with Crippen molar-refractivity contribution in [2.24, 2.45) is 23.2 Å². The van der Waals surface area contributed by atoms with Crippen LogP contribution in [0.25, 0.3) is 11.0 Å². The lowest BCUT2D eigenvalue weighted by atomic mass is 9.47. The fraction of sp³-hybridized carbons (Fsp3) is 0.636. The summed E-state index contributed by atoms with van der Waals surface area (Å²) in [5, 5.41) is 4.25. The standard InChI is InChI=1S/C22H29N3OS/c1-2-19(22-10-14-7-15(11-22)9-16(8-14)12-22)25-20(26)13-27-21-23-17-5-3-4-6-18(17)24-21/h3-6,14-16,19H,2,7-13H2,1H3,(H,23,24)(H,25,26)/t14?,15?,16?,19-,22?/m1/s1. The molecule has 4 aliphatic rings. The van der Waals surface area contributed by atoms with Crippen LogP contribution in [0.3, 0.4) is 0 Å². The summed E-state index contributed by atoms with van der Waals surface area (Å²) < 4.78 is 0. The van der Waals surface area contributed by atoms with Crippen molar-refractivity contribution in [2.75, 3.05) is 5.75 Å². The van der Waals surface area contributed by atoms with Crippen LogP contribution in [0, 0.1) is 23.2 Å². The summed E-state index contributed by atoms with van der Waals surface area (Å²) in [6.07, 6.45) is 9.42. The molecule has 27 heavy (non-hydrogen) atoms. The minimum Gasteiger partial charge on any atom is -0.352 e. The van der Waals surface area contributed by atoms with E-state index in [0.29, 0.717) is 17.2 Å². The van der Waals surface area contributed by atoms with Crippen LogP contribution in [0.15, 0.2) is 29.4 Å². The number of para-hydroxylation sites is 2. The van der Waals surface area contributed by atoms with Gasteiger partial charge in [0.15, 0.2) is 5.16 Å². The number of H-pyrrole nitrogens is 1. The number of aromatic amines is 1. The van der Waals surface area contributed by atoms with Crippen molar-refractivity contribution in [3.63, 3.8) is 0 Å². The number of imidazole rings is 1. The molecule has 1 heterocycles. The number of aromatic nitrogens is 2. The van der Waals surface area contributed by atoms with E-state index in [9.17, 15) is 4.79 Å². The van der Waals surface area contributed by atoms with E-state index in [1.165, 1.54) is 50.3 Å². The highest BCUT2D eigenvalue weighted by Crippen LogP contribution is 2.61. The van der Waals surface area contributed by atoms with Crippen LogP contribution in [-0.2, 0) is 4.79 Å². The van der Waals surface area contributed by atoms with Crippen molar-refractivity contribution in [1.29, 1.82) is 0 Å². The molecular weight excluding hydrogens is 354 g/mol. The van der Waals surface area contributed by atoms with Gasteiger partial charge in [-0.1, -0.05) is 30.8 Å². The Morgan fingerprint density at radius 2 is 1.89 bits per heavy atom. The second-order valence-corrected chi connectivity index (χ2v) is 10.1. The number of nitrogens with one attached hydrogen (secondary N) is 2. The van der Waals surface area contributed by atoms with Gasteiger partial charge < -0.3 is 10.3 Å². The lowest BCUT2D eigenvalue weighted by Gasteiger charge is -2.59. The van der Waals surface area contributed by atoms with E-state index in [2.05, 4.69) is 22.2 Å². The largest absolute Gasteiger partial charge is 0.352 e. The van der Waals surface area contributed by atoms with Gasteiger partial charge in [-0.3, -0.25) is 4.79 Å². The van der Waals surface area contributed by atoms with E-state index in [1.807, 2.05) is 24.3 Å². The number of carbonyl (C=O) groups is 1. The molecule has 4 fully saturated rings. The molecule has 4 aliphatic carbocycles. The summed E-state index contributed by atoms with van der Waals surface area (Å²) in [4.78, 5) is 20.6. The van der Waals surface area contributed by atoms with Crippen molar-refractivity contribution in [3.8, 4) is 0 Å². The number of fused-ring (bicyclic) bond motifs is 1. The second kappa shape index (κ2) is 6.84. The number of hydrogen-bond donors (Lipinski definition) is 2. The topological polar surface area (TPSA) is 57.8 Å². The van der Waals surface area contributed by atoms with Gasteiger partial charge in [0.25, 0.3) is 0 Å². The van der Waals surface area contributed by atoms with Gasteiger partial charge in [-0.2, -0.15) is 0 Å². The Hall–Kier alpha value is -1.49. The zero-order valence-corrected chi connectivity index (χ0v) is 16.9. The molecule has 2 N–H and O–H groups in total. The van der Waals surface area contributed by atoms with Gasteiger partial charge in [-0.15, -0.1) is 0 Å². The Balaban J connectivity index is 1.23. The maximum Gasteiger partial charge on any atom is 0.230 e. The smallest absolute Gasteiger partial charge is 0.230 e. The van der Waals surface area contributed by atoms with Gasteiger partial charge in [-0.05, 0) is 80.2 Å². The average molecular weight is 384 g/mol. The molecular formula is C22H29N3OS. The predicted octanol–water partition coefficient (Wildman–Crippen LogP) is 4.77. The average Bonchev–Trinajstić information content (AvgIpc) is 3.06. The van der Waals surface area contributed by atoms with Gasteiger partial charge in [-0.25, -0.2) is 4.98 Å². The maximum absolute atomic E-state index is 12.7. The summed E-state index contributed by atoms with van der Waals surface area (Å²) >= 11 is 1.51. The van der Waals surface area contributed by atoms with Gasteiger partial charge in [0, 0.05) is 6.04 Å². The molecule has 0 unspecified atom stereocenters. The zero-order valence-electron chi connectivity index (χ0n) is 16.0. The summed E-state index contributed by atoms with van der Waals surface area (Å²) in [6.45, 7) is 2.25. The van der Waals surface area contributed by atoms with Crippen molar-refractivity contribution in [3.05, 3.63) is 24.3 Å². The highest BCUT2D eigenvalue weighted by molar-refractivity contribution is 7.99. The van der Waals surface area contributed by atoms with Crippen molar-refractivity contribution < 1.29 is 4.79 Å². The van der Waals surface area contributed by atoms with Crippen LogP contribution in [0.4, 0.5) is 0 Å². The van der Waals surface area contributed by atoms with Crippen LogP contribution < -0.4 is 5.32 Å². The monoisotopic (exact) mass is 383 g/mol. The number of hydrogen-bond acceptors (Lipinski definition) is 3. The van der Waals surface area contributed by atoms with E-state index in [1.54, 1.807) is 0 Å². The first-order valence-corrected chi connectivity index (χ1v) is 11.5. The minimum absolute atomic E-state index is 0.156. The molecule has 4 bridgehead atoms. The van der Waals surface area contributed by atoms with Gasteiger partial charge in [0.05, 0.1) is 16.8 Å². The van der Waals surface area contributed by atoms with Crippen LogP contribution in [0.5, 0.6) is 0 Å². The van der Waals surface area contributed by atoms with Crippen molar-refractivity contribution in [2.45, 2.75) is 63.1 Å². The Morgan fingerprint density at radius 3 is 2.52 bits per heavy atom. The molecule has 0 saturated heterocycles. The van der Waals surface area contributed by atoms with E-state index in [-0.39, 0.29) is 5.91 Å². The van der Waals surface area contributed by atoms with E-state index in [0.717, 1.165) is 40.4 Å². The van der Waals surface area contributed by atoms with Crippen LogP contribution in [-0.4, -0.2) is 27.7 Å². The summed E-state index contributed by atoms with van der Waals surface area (Å²) in [5.74, 6) is 3.36. The molecule has 2 aromatic rings. The van der Waals surface area contributed by atoms with Crippen LogP contribution >= 0.6 is 11.8 Å². The molecule has 0 spiro atoms. The molecule has 0 aliphatic heterocycles. The molecule has 6 rings (SSSR count). The molecule has 0 radical (unpaired) electrons. The first kappa shape index (κ1) is 17.6. The quantitative estimate of drug-likeness (QED) is 0.707. The minimum atomic E-state index is 0.156. The highest BCUT2D eigenvalue weighted by Gasteiger charge is 2.53. The van der Waals surface area contributed by atoms with Gasteiger partial charge >= 0.3 is 0 Å². The Kier molecular flexibility index (Phi) is 4.46. The molecule has 1 amide bonds. The maximum atomic E-state index is 12.7. The summed E-state index contributed by atoms with van der Waals surface area (Å²) in [5.41, 5.74) is 2.37. The van der Waals surface area contributed by atoms with Crippen molar-refractivity contribution >= 4 is 28.7 Å². The van der Waals surface area contributed by atoms with E-state index >= 15 is 0 Å². The van der Waals surface area contributed by atoms with Gasteiger partial charge in [0.1, 0.15) is 0 Å². The predicted molar refractivity (Wildman–Crippen MR) is 110 cm³/mol. The molecule has 1 aromatic heterocycles. The number of thioether (sulfide) groups is 1. The third kappa shape index (κ3) is 3.28. The summed E-state index contributed by atoms with van der Waals surface area (Å²) in [7, 11) is 0. The number of nitrogens with zero attached hydrogens (tertiary/aromatic N) is 1. The third-order valence-electron chi connectivity index (χ3n) is 7.28. The molecule has 1 atom stereocenters. The summed E-state index contributed by atoms with van der Waals surface area (Å²) in [6, 6.07) is 8.35. The SMILES string of the molecule is CC[C@@H](NC(=O)CSc1nc2ccccc2[nH]1)C12CC3CC(CC(C3)C1)C2. The van der Waals surface area contributed by atoms with Crippen molar-refractivity contribution in [1.82, 2.24) is 15.3 Å². The molecule has 144 valence electrons. The normalized spacial score (nSPS) is 32.7. The molecule has 5 heteroatoms. The van der Waals surface area contributed by atoms with Crippen LogP contribution in [0.1, 0.15) is 51.9 Å². The fourth-order valence-electron chi connectivity index (χ4n) is 6.66. The first-order valence-electron chi connectivity index (χ1n) is 10.5. The number of rotatable bonds is 6.